The third-order valence-corrected chi connectivity index (χ3v) is 5.35. The van der Waals surface area contributed by atoms with Crippen LogP contribution < -0.4 is 0 Å². The molecular formula is C24H21F3N4O2. The van der Waals surface area contributed by atoms with Crippen molar-refractivity contribution in [1.29, 1.82) is 0 Å². The molecule has 4 rings (SSSR count). The van der Waals surface area contributed by atoms with E-state index in [0.29, 0.717) is 38.3 Å². The first-order valence-corrected chi connectivity index (χ1v) is 10.3. The number of benzene rings is 2. The number of rotatable bonds is 2. The molecule has 1 N–H and O–H groups in total. The highest BCUT2D eigenvalue weighted by Crippen LogP contribution is 2.32. The maximum absolute atomic E-state index is 13.3. The summed E-state index contributed by atoms with van der Waals surface area (Å²) >= 11 is 0. The molecule has 0 spiro atoms. The molecule has 0 unspecified atom stereocenters. The van der Waals surface area contributed by atoms with Crippen LogP contribution in [0.15, 0.2) is 65.3 Å². The topological polar surface area (TPSA) is 59.4 Å². The molecule has 170 valence electrons. The summed E-state index contributed by atoms with van der Waals surface area (Å²) in [7, 11) is 0. The van der Waals surface area contributed by atoms with Crippen molar-refractivity contribution in [1.82, 2.24) is 14.9 Å². The molecule has 2 heterocycles. The van der Waals surface area contributed by atoms with E-state index in [1.807, 2.05) is 10.0 Å². The Morgan fingerprint density at radius 3 is 2.48 bits per heavy atom. The van der Waals surface area contributed by atoms with E-state index in [-0.39, 0.29) is 11.3 Å². The maximum atomic E-state index is 13.3. The molecule has 2 aromatic rings. The fraction of sp³-hybridized carbons (Fsp3) is 0.250. The summed E-state index contributed by atoms with van der Waals surface area (Å²) in [6, 6.07) is 11.5. The Labute approximate surface area is 189 Å². The molecule has 1 amide bonds. The van der Waals surface area contributed by atoms with Gasteiger partial charge in [0.25, 0.3) is 5.91 Å². The Kier molecular flexibility index (Phi) is 6.38. The summed E-state index contributed by atoms with van der Waals surface area (Å²) < 4.78 is 39.8. The van der Waals surface area contributed by atoms with Crippen LogP contribution in [-0.4, -0.2) is 65.0 Å². The third-order valence-electron chi connectivity index (χ3n) is 5.35. The fourth-order valence-corrected chi connectivity index (χ4v) is 3.68. The van der Waals surface area contributed by atoms with E-state index in [2.05, 4.69) is 16.8 Å². The van der Waals surface area contributed by atoms with E-state index in [4.69, 9.17) is 0 Å². The van der Waals surface area contributed by atoms with E-state index in [1.54, 1.807) is 36.8 Å². The van der Waals surface area contributed by atoms with Crippen LogP contribution in [0.3, 0.4) is 0 Å². The lowest BCUT2D eigenvalue weighted by Crippen LogP contribution is -2.55. The number of nitrogens with zero attached hydrogens (tertiary/aromatic N) is 4. The van der Waals surface area contributed by atoms with Crippen LogP contribution in [0.2, 0.25) is 0 Å². The number of piperazine rings is 1. The third kappa shape index (κ3) is 5.35. The quantitative estimate of drug-likeness (QED) is 0.708. The first-order chi connectivity index (χ1) is 15.8. The number of phenols is 1. The summed E-state index contributed by atoms with van der Waals surface area (Å²) in [5.41, 5.74) is 0.216. The van der Waals surface area contributed by atoms with Crippen LogP contribution in [0.1, 0.15) is 21.5 Å². The normalized spacial score (nSPS) is 16.8. The van der Waals surface area contributed by atoms with Gasteiger partial charge in [-0.05, 0) is 30.3 Å². The van der Waals surface area contributed by atoms with Crippen molar-refractivity contribution in [3.05, 3.63) is 77.0 Å². The lowest BCUT2D eigenvalue weighted by molar-refractivity contribution is -0.138. The number of carbonyl (C=O) groups is 1. The smallest absolute Gasteiger partial charge is 0.417 e. The Morgan fingerprint density at radius 1 is 1.00 bits per heavy atom. The second-order valence-corrected chi connectivity index (χ2v) is 7.61. The Bertz CT molecular complexity index is 1160. The summed E-state index contributed by atoms with van der Waals surface area (Å²) in [6.07, 6.45) is -1.25. The Hall–Kier alpha value is -3.77. The Balaban J connectivity index is 1.37. The number of aliphatic imine (C=N–C) groups is 1. The van der Waals surface area contributed by atoms with E-state index in [1.165, 1.54) is 23.1 Å². The van der Waals surface area contributed by atoms with Crippen molar-refractivity contribution in [2.75, 3.05) is 32.7 Å². The van der Waals surface area contributed by atoms with Gasteiger partial charge in [0.2, 0.25) is 0 Å². The molecule has 1 saturated heterocycles. The molecule has 0 atom stereocenters. The van der Waals surface area contributed by atoms with Crippen molar-refractivity contribution >= 4 is 12.2 Å². The summed E-state index contributed by atoms with van der Waals surface area (Å²) in [4.78, 5) is 18.4. The number of halogens is 3. The molecule has 2 aliphatic rings. The number of hydrogen-bond donors (Lipinski definition) is 1. The fourth-order valence-electron chi connectivity index (χ4n) is 3.68. The van der Waals surface area contributed by atoms with Gasteiger partial charge in [-0.15, -0.1) is 0 Å². The molecule has 9 heteroatoms. The van der Waals surface area contributed by atoms with Crippen molar-refractivity contribution in [3.8, 4) is 17.6 Å². The molecule has 1 fully saturated rings. The van der Waals surface area contributed by atoms with Gasteiger partial charge in [0.05, 0.1) is 17.7 Å². The average molecular weight is 454 g/mol. The van der Waals surface area contributed by atoms with Crippen molar-refractivity contribution in [3.63, 3.8) is 0 Å². The number of aromatic hydroxyl groups is 1. The number of hydrazine groups is 1. The maximum Gasteiger partial charge on any atom is 0.417 e. The van der Waals surface area contributed by atoms with Crippen molar-refractivity contribution in [2.45, 2.75) is 6.18 Å². The largest absolute Gasteiger partial charge is 0.508 e. The lowest BCUT2D eigenvalue weighted by Gasteiger charge is -2.41. The Morgan fingerprint density at radius 2 is 1.76 bits per heavy atom. The number of hydrogen-bond acceptors (Lipinski definition) is 5. The van der Waals surface area contributed by atoms with E-state index < -0.39 is 17.6 Å². The second kappa shape index (κ2) is 9.38. The SMILES string of the molecule is O=C(c1ccccc1C(F)(F)F)N1CCN(N2C=NC=C(C#Cc3cccc(O)c3)C2)CC1. The van der Waals surface area contributed by atoms with Crippen LogP contribution in [0.25, 0.3) is 0 Å². The van der Waals surface area contributed by atoms with Crippen LogP contribution >= 0.6 is 0 Å². The zero-order valence-electron chi connectivity index (χ0n) is 17.6. The highest BCUT2D eigenvalue weighted by molar-refractivity contribution is 5.96. The van der Waals surface area contributed by atoms with Gasteiger partial charge < -0.3 is 10.0 Å². The van der Waals surface area contributed by atoms with Crippen LogP contribution in [0.5, 0.6) is 5.75 Å². The van der Waals surface area contributed by atoms with Gasteiger partial charge in [-0.3, -0.25) is 9.80 Å². The summed E-state index contributed by atoms with van der Waals surface area (Å²) in [6.45, 7) is 1.99. The number of carbonyl (C=O) groups excluding carboxylic acids is 1. The zero-order valence-corrected chi connectivity index (χ0v) is 17.6. The zero-order chi connectivity index (χ0) is 23.4. The first kappa shape index (κ1) is 22.4. The van der Waals surface area contributed by atoms with Crippen LogP contribution in [-0.2, 0) is 6.18 Å². The first-order valence-electron chi connectivity index (χ1n) is 10.3. The van der Waals surface area contributed by atoms with Crippen molar-refractivity contribution < 1.29 is 23.1 Å². The number of amides is 1. The molecule has 0 saturated carbocycles. The molecule has 0 bridgehead atoms. The average Bonchev–Trinajstić information content (AvgIpc) is 2.82. The van der Waals surface area contributed by atoms with E-state index in [9.17, 15) is 23.1 Å². The van der Waals surface area contributed by atoms with Gasteiger partial charge in [-0.1, -0.05) is 30.0 Å². The molecule has 33 heavy (non-hydrogen) atoms. The molecule has 2 aromatic carbocycles. The van der Waals surface area contributed by atoms with Gasteiger partial charge in [0.15, 0.2) is 0 Å². The van der Waals surface area contributed by atoms with Crippen LogP contribution in [0.4, 0.5) is 13.2 Å². The number of phenolic OH excluding ortho intramolecular Hbond substituents is 1. The molecule has 0 aromatic heterocycles. The molecular weight excluding hydrogens is 433 g/mol. The standard InChI is InChI=1S/C24H21F3N4O2/c25-24(26,27)22-7-2-1-6-21(22)23(33)29-10-12-30(13-11-29)31-16-19(15-28-17-31)9-8-18-4-3-5-20(32)14-18/h1-7,14-15,17,32H,10-13,16H2. The van der Waals surface area contributed by atoms with Gasteiger partial charge in [0, 0.05) is 43.5 Å². The number of alkyl halides is 3. The van der Waals surface area contributed by atoms with Crippen LogP contribution in [0, 0.1) is 11.8 Å². The minimum absolute atomic E-state index is 0.143. The van der Waals surface area contributed by atoms with E-state index >= 15 is 0 Å². The monoisotopic (exact) mass is 454 g/mol. The second-order valence-electron chi connectivity index (χ2n) is 7.61. The summed E-state index contributed by atoms with van der Waals surface area (Å²) in [5.74, 6) is 5.57. The highest BCUT2D eigenvalue weighted by atomic mass is 19.4. The van der Waals surface area contributed by atoms with Gasteiger partial charge >= 0.3 is 6.18 Å². The lowest BCUT2D eigenvalue weighted by atomic mass is 10.1. The van der Waals surface area contributed by atoms with Gasteiger partial charge in [-0.25, -0.2) is 10.0 Å². The molecule has 2 aliphatic heterocycles. The predicted molar refractivity (Wildman–Crippen MR) is 117 cm³/mol. The highest BCUT2D eigenvalue weighted by Gasteiger charge is 2.36. The molecule has 0 radical (unpaired) electrons. The minimum atomic E-state index is -4.58. The minimum Gasteiger partial charge on any atom is -0.508 e. The van der Waals surface area contributed by atoms with E-state index in [0.717, 1.165) is 11.6 Å². The van der Waals surface area contributed by atoms with Crippen molar-refractivity contribution in [2.24, 2.45) is 4.99 Å². The van der Waals surface area contributed by atoms with Gasteiger partial charge in [-0.2, -0.15) is 13.2 Å². The summed E-state index contributed by atoms with van der Waals surface area (Å²) in [5, 5.41) is 13.4. The molecule has 0 aliphatic carbocycles. The molecule has 6 nitrogen and oxygen atoms in total. The van der Waals surface area contributed by atoms with Gasteiger partial charge in [0.1, 0.15) is 12.1 Å². The predicted octanol–water partition coefficient (Wildman–Crippen LogP) is 3.36.